The maximum atomic E-state index is 11.7. The van der Waals surface area contributed by atoms with E-state index in [2.05, 4.69) is 18.1 Å². The van der Waals surface area contributed by atoms with Crippen molar-refractivity contribution in [2.45, 2.75) is 96.0 Å². The molecule has 0 aliphatic heterocycles. The molecule has 6 nitrogen and oxygen atoms in total. The zero-order valence-electron chi connectivity index (χ0n) is 20.7. The van der Waals surface area contributed by atoms with E-state index in [-0.39, 0.29) is 17.4 Å². The summed E-state index contributed by atoms with van der Waals surface area (Å²) in [6, 6.07) is 2.13. The molecular weight excluding hydrogens is 414 g/mol. The summed E-state index contributed by atoms with van der Waals surface area (Å²) in [6.45, 7) is 6.82. The Balaban J connectivity index is 1.34. The number of aromatic nitrogens is 2. The van der Waals surface area contributed by atoms with Crippen molar-refractivity contribution in [1.82, 2.24) is 9.78 Å². The van der Waals surface area contributed by atoms with Crippen molar-refractivity contribution in [1.29, 1.82) is 5.26 Å². The Morgan fingerprint density at radius 3 is 2.70 bits per heavy atom. The van der Waals surface area contributed by atoms with E-state index < -0.39 is 11.2 Å². The SMILES string of the molecule is CO[C@@H]1C[C@H]2[C@H](CC[C@@H]3[C@@H]2CC[C@@]2(C)[C@H]3CC[C@@H]2[C@](C)(O)Cn2cc(C#N)cn2)C[C@]1(C)O. The summed E-state index contributed by atoms with van der Waals surface area (Å²) >= 11 is 0. The molecule has 4 saturated carbocycles. The maximum absolute atomic E-state index is 11.7. The third-order valence-corrected chi connectivity index (χ3v) is 10.7. The van der Waals surface area contributed by atoms with Crippen LogP contribution in [0.2, 0.25) is 0 Å². The Bertz CT molecular complexity index is 918. The summed E-state index contributed by atoms with van der Waals surface area (Å²) in [7, 11) is 1.75. The Morgan fingerprint density at radius 2 is 2.00 bits per heavy atom. The molecule has 1 aromatic heterocycles. The summed E-state index contributed by atoms with van der Waals surface area (Å²) in [5.41, 5.74) is -0.874. The highest BCUT2D eigenvalue weighted by atomic mass is 16.5. The monoisotopic (exact) mass is 455 g/mol. The van der Waals surface area contributed by atoms with Crippen LogP contribution in [0.15, 0.2) is 12.4 Å². The average molecular weight is 456 g/mol. The summed E-state index contributed by atoms with van der Waals surface area (Å²) in [5, 5.41) is 36.1. The van der Waals surface area contributed by atoms with E-state index in [4.69, 9.17) is 10.00 Å². The van der Waals surface area contributed by atoms with Crippen LogP contribution in [-0.2, 0) is 11.3 Å². The summed E-state index contributed by atoms with van der Waals surface area (Å²) in [4.78, 5) is 0. The highest BCUT2D eigenvalue weighted by Crippen LogP contribution is 2.66. The molecule has 0 spiro atoms. The molecular formula is C27H41N3O3. The third-order valence-electron chi connectivity index (χ3n) is 10.7. The first kappa shape index (κ1) is 23.3. The van der Waals surface area contributed by atoms with Crippen molar-refractivity contribution < 1.29 is 14.9 Å². The molecule has 0 amide bonds. The minimum atomic E-state index is -0.850. The van der Waals surface area contributed by atoms with Crippen molar-refractivity contribution in [2.75, 3.05) is 7.11 Å². The molecule has 1 aromatic rings. The third kappa shape index (κ3) is 3.75. The molecule has 4 fully saturated rings. The van der Waals surface area contributed by atoms with Crippen LogP contribution in [0.5, 0.6) is 0 Å². The number of fused-ring (bicyclic) bond motifs is 5. The van der Waals surface area contributed by atoms with Gasteiger partial charge in [-0.1, -0.05) is 6.92 Å². The molecule has 5 rings (SSSR count). The van der Waals surface area contributed by atoms with Gasteiger partial charge in [0.15, 0.2) is 0 Å². The predicted octanol–water partition coefficient (Wildman–Crippen LogP) is 4.15. The Kier molecular flexibility index (Phi) is 5.70. The molecule has 0 unspecified atom stereocenters. The lowest BCUT2D eigenvalue weighted by Gasteiger charge is -2.58. The van der Waals surface area contributed by atoms with Crippen molar-refractivity contribution in [3.63, 3.8) is 0 Å². The number of rotatable bonds is 4. The van der Waals surface area contributed by atoms with Gasteiger partial charge >= 0.3 is 0 Å². The summed E-state index contributed by atoms with van der Waals surface area (Å²) in [5.74, 6) is 3.62. The van der Waals surface area contributed by atoms with Gasteiger partial charge in [0, 0.05) is 13.3 Å². The van der Waals surface area contributed by atoms with Crippen LogP contribution in [0.25, 0.3) is 0 Å². The van der Waals surface area contributed by atoms with Crippen LogP contribution in [0.4, 0.5) is 0 Å². The minimum Gasteiger partial charge on any atom is -0.388 e. The average Bonchev–Trinajstić information content (AvgIpc) is 3.35. The van der Waals surface area contributed by atoms with Gasteiger partial charge in [0.25, 0.3) is 0 Å². The lowest BCUT2D eigenvalue weighted by molar-refractivity contribution is -0.169. The molecule has 0 bridgehead atoms. The number of hydrogen-bond acceptors (Lipinski definition) is 5. The first-order valence-corrected chi connectivity index (χ1v) is 13.0. The maximum Gasteiger partial charge on any atom is 0.102 e. The number of nitriles is 1. The fourth-order valence-electron chi connectivity index (χ4n) is 9.34. The van der Waals surface area contributed by atoms with Crippen molar-refractivity contribution in [2.24, 2.45) is 40.9 Å². The normalized spacial score (nSPS) is 46.5. The van der Waals surface area contributed by atoms with Crippen LogP contribution < -0.4 is 0 Å². The van der Waals surface area contributed by atoms with Gasteiger partial charge in [-0.05, 0) is 106 Å². The van der Waals surface area contributed by atoms with Gasteiger partial charge < -0.3 is 14.9 Å². The number of hydrogen-bond donors (Lipinski definition) is 2. The molecule has 0 radical (unpaired) electrons. The zero-order chi connectivity index (χ0) is 23.6. The lowest BCUT2D eigenvalue weighted by atomic mass is 9.48. The molecule has 4 aliphatic carbocycles. The summed E-state index contributed by atoms with van der Waals surface area (Å²) in [6.07, 6.45) is 12.2. The molecule has 2 N–H and O–H groups in total. The van der Waals surface area contributed by atoms with Crippen LogP contribution in [0, 0.1) is 52.3 Å². The second kappa shape index (κ2) is 8.07. The van der Waals surface area contributed by atoms with Gasteiger partial charge in [-0.3, -0.25) is 4.68 Å². The molecule has 1 heterocycles. The van der Waals surface area contributed by atoms with Gasteiger partial charge in [0.05, 0.1) is 35.6 Å². The fraction of sp³-hybridized carbons (Fsp3) is 0.852. The van der Waals surface area contributed by atoms with Gasteiger partial charge in [-0.15, -0.1) is 0 Å². The molecule has 10 atom stereocenters. The summed E-state index contributed by atoms with van der Waals surface area (Å²) < 4.78 is 7.50. The largest absolute Gasteiger partial charge is 0.388 e. The molecule has 0 aromatic carbocycles. The van der Waals surface area contributed by atoms with E-state index in [0.29, 0.717) is 29.9 Å². The molecule has 4 aliphatic rings. The highest BCUT2D eigenvalue weighted by Gasteiger charge is 2.61. The van der Waals surface area contributed by atoms with E-state index in [1.165, 1.54) is 32.1 Å². The number of aliphatic hydroxyl groups is 2. The molecule has 0 saturated heterocycles. The van der Waals surface area contributed by atoms with Crippen LogP contribution in [0.1, 0.15) is 77.7 Å². The quantitative estimate of drug-likeness (QED) is 0.712. The number of nitrogens with zero attached hydrogens (tertiary/aromatic N) is 3. The highest BCUT2D eigenvalue weighted by molar-refractivity contribution is 5.21. The Labute approximate surface area is 198 Å². The molecule has 33 heavy (non-hydrogen) atoms. The lowest BCUT2D eigenvalue weighted by Crippen LogP contribution is -2.56. The van der Waals surface area contributed by atoms with Gasteiger partial charge in [0.1, 0.15) is 6.07 Å². The van der Waals surface area contributed by atoms with Crippen LogP contribution >= 0.6 is 0 Å². The van der Waals surface area contributed by atoms with Crippen LogP contribution in [0.3, 0.4) is 0 Å². The predicted molar refractivity (Wildman–Crippen MR) is 125 cm³/mol. The van der Waals surface area contributed by atoms with Crippen LogP contribution in [-0.4, -0.2) is 44.4 Å². The van der Waals surface area contributed by atoms with E-state index in [1.54, 1.807) is 24.2 Å². The van der Waals surface area contributed by atoms with Gasteiger partial charge in [-0.2, -0.15) is 10.4 Å². The van der Waals surface area contributed by atoms with E-state index in [1.807, 2.05) is 13.8 Å². The van der Waals surface area contributed by atoms with Crippen molar-refractivity contribution >= 4 is 0 Å². The Hall–Kier alpha value is -1.42. The van der Waals surface area contributed by atoms with Crippen molar-refractivity contribution in [3.05, 3.63) is 18.0 Å². The fourth-order valence-corrected chi connectivity index (χ4v) is 9.34. The second-order valence-electron chi connectivity index (χ2n) is 12.5. The van der Waals surface area contributed by atoms with Gasteiger partial charge in [0.2, 0.25) is 0 Å². The van der Waals surface area contributed by atoms with Crippen molar-refractivity contribution in [3.8, 4) is 6.07 Å². The number of methoxy groups -OCH3 is 1. The second-order valence-corrected chi connectivity index (χ2v) is 12.5. The first-order chi connectivity index (χ1) is 15.6. The van der Waals surface area contributed by atoms with E-state index in [9.17, 15) is 10.2 Å². The topological polar surface area (TPSA) is 91.3 Å². The minimum absolute atomic E-state index is 0.0600. The molecule has 6 heteroatoms. The number of ether oxygens (including phenoxy) is 1. The Morgan fingerprint density at radius 1 is 1.21 bits per heavy atom. The smallest absolute Gasteiger partial charge is 0.102 e. The molecule has 182 valence electrons. The standard InChI is InChI=1S/C27H41N3O3/c1-25-10-9-19-20(6-5-18-12-26(2,31)24(33-4)11-21(18)19)22(25)7-8-23(25)27(3,32)16-30-15-17(13-28)14-29-30/h14-15,18-24,31-32H,5-12,16H2,1-4H3/t18-,19+,20-,21+,22+,23+,24-,25+,26+,27-/m1/s1. The van der Waals surface area contributed by atoms with Gasteiger partial charge in [-0.25, -0.2) is 0 Å². The zero-order valence-corrected chi connectivity index (χ0v) is 20.7. The van der Waals surface area contributed by atoms with E-state index in [0.717, 1.165) is 31.1 Å². The first-order valence-electron chi connectivity index (χ1n) is 13.0. The van der Waals surface area contributed by atoms with E-state index >= 15 is 0 Å².